The molecular weight excluding hydrogens is 314 g/mol. The molecule has 2 nitrogen and oxygen atoms in total. The van der Waals surface area contributed by atoms with Crippen LogP contribution in [0, 0.1) is 0 Å². The average molecular weight is 332 g/mol. The van der Waals surface area contributed by atoms with Crippen molar-refractivity contribution in [3.8, 4) is 0 Å². The number of halogens is 1. The lowest BCUT2D eigenvalue weighted by molar-refractivity contribution is 0.0992. The summed E-state index contributed by atoms with van der Waals surface area (Å²) in [5, 5.41) is 3.12. The zero-order valence-corrected chi connectivity index (χ0v) is 13.1. The molecule has 0 aromatic heterocycles. The summed E-state index contributed by atoms with van der Waals surface area (Å²) >= 11 is 3.50. The van der Waals surface area contributed by atoms with Gasteiger partial charge < -0.3 is 5.32 Å². The molecule has 0 bridgehead atoms. The molecule has 0 atom stereocenters. The summed E-state index contributed by atoms with van der Waals surface area (Å²) in [5.41, 5.74) is 2.97. The SMILES string of the molecule is CNCCc1ccccc1C(=O)Cc1ccccc1Br. The van der Waals surface area contributed by atoms with E-state index in [2.05, 4.69) is 21.2 Å². The first kappa shape index (κ1) is 14.9. The normalized spacial score (nSPS) is 10.5. The van der Waals surface area contributed by atoms with Gasteiger partial charge in [-0.2, -0.15) is 0 Å². The van der Waals surface area contributed by atoms with E-state index in [0.29, 0.717) is 6.42 Å². The van der Waals surface area contributed by atoms with Gasteiger partial charge in [0.25, 0.3) is 0 Å². The lowest BCUT2D eigenvalue weighted by Crippen LogP contribution is -2.14. The van der Waals surface area contributed by atoms with Crippen LogP contribution < -0.4 is 5.32 Å². The summed E-state index contributed by atoms with van der Waals surface area (Å²) < 4.78 is 0.987. The highest BCUT2D eigenvalue weighted by molar-refractivity contribution is 9.10. The molecule has 2 aromatic rings. The molecule has 0 spiro atoms. The largest absolute Gasteiger partial charge is 0.319 e. The van der Waals surface area contributed by atoms with Crippen LogP contribution in [0.3, 0.4) is 0 Å². The number of nitrogens with one attached hydrogen (secondary N) is 1. The molecule has 0 amide bonds. The molecule has 2 aromatic carbocycles. The standard InChI is InChI=1S/C17H18BrNO/c1-19-11-10-13-6-2-4-8-15(13)17(20)12-14-7-3-5-9-16(14)18/h2-9,19H,10-12H2,1H3. The number of benzene rings is 2. The number of carbonyl (C=O) groups is 1. The van der Waals surface area contributed by atoms with Gasteiger partial charge in [0, 0.05) is 16.5 Å². The molecule has 0 aliphatic rings. The van der Waals surface area contributed by atoms with Crippen LogP contribution in [0.2, 0.25) is 0 Å². The number of hydrogen-bond donors (Lipinski definition) is 1. The third-order valence-electron chi connectivity index (χ3n) is 3.27. The topological polar surface area (TPSA) is 29.1 Å². The van der Waals surface area contributed by atoms with Gasteiger partial charge in [0.05, 0.1) is 0 Å². The van der Waals surface area contributed by atoms with Gasteiger partial charge in [0.15, 0.2) is 5.78 Å². The van der Waals surface area contributed by atoms with E-state index in [9.17, 15) is 4.79 Å². The fourth-order valence-corrected chi connectivity index (χ4v) is 2.60. The molecule has 104 valence electrons. The van der Waals surface area contributed by atoms with E-state index >= 15 is 0 Å². The molecule has 0 heterocycles. The lowest BCUT2D eigenvalue weighted by Gasteiger charge is -2.09. The highest BCUT2D eigenvalue weighted by atomic mass is 79.9. The Morgan fingerprint density at radius 2 is 1.70 bits per heavy atom. The van der Waals surface area contributed by atoms with Crippen LogP contribution in [0.15, 0.2) is 53.0 Å². The van der Waals surface area contributed by atoms with E-state index in [-0.39, 0.29) is 5.78 Å². The van der Waals surface area contributed by atoms with Gasteiger partial charge in [0.1, 0.15) is 0 Å². The van der Waals surface area contributed by atoms with Crippen LogP contribution in [-0.4, -0.2) is 19.4 Å². The summed E-state index contributed by atoms with van der Waals surface area (Å²) in [5.74, 6) is 0.170. The van der Waals surface area contributed by atoms with Gasteiger partial charge in [-0.15, -0.1) is 0 Å². The summed E-state index contributed by atoms with van der Waals surface area (Å²) in [6.45, 7) is 0.874. The van der Waals surface area contributed by atoms with Crippen molar-refractivity contribution in [3.05, 3.63) is 69.7 Å². The number of Topliss-reactive ketones (excluding diaryl/α,β-unsaturated/α-hetero) is 1. The number of hydrogen-bond acceptors (Lipinski definition) is 2. The second kappa shape index (κ2) is 7.36. The molecule has 0 aliphatic carbocycles. The predicted octanol–water partition coefficient (Wildman–Crippen LogP) is 3.64. The lowest BCUT2D eigenvalue weighted by atomic mass is 9.97. The predicted molar refractivity (Wildman–Crippen MR) is 86.2 cm³/mol. The molecule has 0 unspecified atom stereocenters. The second-order valence-corrected chi connectivity index (χ2v) is 5.56. The van der Waals surface area contributed by atoms with Crippen molar-refractivity contribution in [1.29, 1.82) is 0 Å². The molecule has 20 heavy (non-hydrogen) atoms. The van der Waals surface area contributed by atoms with E-state index in [1.54, 1.807) is 0 Å². The number of carbonyl (C=O) groups excluding carboxylic acids is 1. The number of rotatable bonds is 6. The number of ketones is 1. The molecule has 1 N–H and O–H groups in total. The minimum atomic E-state index is 0.170. The highest BCUT2D eigenvalue weighted by Gasteiger charge is 2.12. The third kappa shape index (κ3) is 3.78. The maximum absolute atomic E-state index is 12.5. The van der Waals surface area contributed by atoms with Crippen LogP contribution in [0.4, 0.5) is 0 Å². The molecule has 0 fully saturated rings. The molecule has 0 saturated heterocycles. The van der Waals surface area contributed by atoms with Crippen molar-refractivity contribution in [2.24, 2.45) is 0 Å². The Hall–Kier alpha value is -1.45. The summed E-state index contributed by atoms with van der Waals surface area (Å²) in [6.07, 6.45) is 1.30. The van der Waals surface area contributed by atoms with Gasteiger partial charge in [0.2, 0.25) is 0 Å². The maximum atomic E-state index is 12.5. The van der Waals surface area contributed by atoms with Crippen LogP contribution in [0.25, 0.3) is 0 Å². The molecule has 0 saturated carbocycles. The Kier molecular flexibility index (Phi) is 5.50. The van der Waals surface area contributed by atoms with Gasteiger partial charge in [-0.3, -0.25) is 4.79 Å². The van der Waals surface area contributed by atoms with Gasteiger partial charge in [-0.1, -0.05) is 58.4 Å². The first-order chi connectivity index (χ1) is 9.72. The Balaban J connectivity index is 2.19. The Morgan fingerprint density at radius 3 is 2.40 bits per heavy atom. The summed E-state index contributed by atoms with van der Waals surface area (Å²) in [7, 11) is 1.92. The first-order valence-corrected chi connectivity index (χ1v) is 7.51. The third-order valence-corrected chi connectivity index (χ3v) is 4.04. The average Bonchev–Trinajstić information content (AvgIpc) is 2.47. The molecular formula is C17H18BrNO. The molecule has 0 aliphatic heterocycles. The molecule has 0 radical (unpaired) electrons. The summed E-state index contributed by atoms with van der Waals surface area (Å²) in [4.78, 5) is 12.5. The Morgan fingerprint density at radius 1 is 1.05 bits per heavy atom. The monoisotopic (exact) mass is 331 g/mol. The quantitative estimate of drug-likeness (QED) is 0.819. The van der Waals surface area contributed by atoms with Crippen molar-refractivity contribution in [3.63, 3.8) is 0 Å². The van der Waals surface area contributed by atoms with E-state index in [4.69, 9.17) is 0 Å². The van der Waals surface area contributed by atoms with Gasteiger partial charge >= 0.3 is 0 Å². The van der Waals surface area contributed by atoms with Crippen molar-refractivity contribution in [2.75, 3.05) is 13.6 Å². The van der Waals surface area contributed by atoms with Crippen LogP contribution in [-0.2, 0) is 12.8 Å². The van der Waals surface area contributed by atoms with Crippen molar-refractivity contribution in [1.82, 2.24) is 5.32 Å². The number of likely N-dealkylation sites (N-methyl/N-ethyl adjacent to an activating group) is 1. The fourth-order valence-electron chi connectivity index (χ4n) is 2.18. The Bertz CT molecular complexity index is 595. The van der Waals surface area contributed by atoms with E-state index in [1.807, 2.05) is 55.6 Å². The fraction of sp³-hybridized carbons (Fsp3) is 0.235. The maximum Gasteiger partial charge on any atom is 0.167 e. The van der Waals surface area contributed by atoms with Crippen LogP contribution in [0.5, 0.6) is 0 Å². The van der Waals surface area contributed by atoms with Crippen molar-refractivity contribution < 1.29 is 4.79 Å². The van der Waals surface area contributed by atoms with E-state index in [0.717, 1.165) is 34.1 Å². The van der Waals surface area contributed by atoms with Crippen LogP contribution >= 0.6 is 15.9 Å². The zero-order valence-electron chi connectivity index (χ0n) is 11.5. The highest BCUT2D eigenvalue weighted by Crippen LogP contribution is 2.19. The minimum absolute atomic E-state index is 0.170. The smallest absolute Gasteiger partial charge is 0.167 e. The van der Waals surface area contributed by atoms with E-state index < -0.39 is 0 Å². The second-order valence-electron chi connectivity index (χ2n) is 4.70. The van der Waals surface area contributed by atoms with Crippen molar-refractivity contribution in [2.45, 2.75) is 12.8 Å². The van der Waals surface area contributed by atoms with E-state index in [1.165, 1.54) is 0 Å². The Labute approximate surface area is 128 Å². The summed E-state index contributed by atoms with van der Waals surface area (Å²) in [6, 6.07) is 15.7. The van der Waals surface area contributed by atoms with Crippen molar-refractivity contribution >= 4 is 21.7 Å². The molecule has 2 rings (SSSR count). The molecule has 3 heteroatoms. The van der Waals surface area contributed by atoms with Gasteiger partial charge in [-0.25, -0.2) is 0 Å². The van der Waals surface area contributed by atoms with Gasteiger partial charge in [-0.05, 0) is 37.2 Å². The minimum Gasteiger partial charge on any atom is -0.319 e. The zero-order chi connectivity index (χ0) is 14.4. The first-order valence-electron chi connectivity index (χ1n) is 6.71. The van der Waals surface area contributed by atoms with Crippen LogP contribution in [0.1, 0.15) is 21.5 Å².